The van der Waals surface area contributed by atoms with E-state index in [1.54, 1.807) is 0 Å². The van der Waals surface area contributed by atoms with Gasteiger partial charge < -0.3 is 10.6 Å². The van der Waals surface area contributed by atoms with Crippen molar-refractivity contribution in [3.63, 3.8) is 0 Å². The van der Waals surface area contributed by atoms with Gasteiger partial charge in [0, 0.05) is 29.8 Å². The van der Waals surface area contributed by atoms with Crippen LogP contribution in [0, 0.1) is 0 Å². The molecule has 15 heavy (non-hydrogen) atoms. The highest BCUT2D eigenvalue weighted by Crippen LogP contribution is 2.28. The molecule has 0 saturated carbocycles. The average molecular weight is 271 g/mol. The van der Waals surface area contributed by atoms with Crippen LogP contribution in [0.25, 0.3) is 0 Å². The first-order valence-electron chi connectivity index (χ1n) is 5.32. The van der Waals surface area contributed by atoms with Gasteiger partial charge in [-0.05, 0) is 31.0 Å². The molecule has 1 aromatic carbocycles. The Bertz CT molecular complexity index is 323. The largest absolute Gasteiger partial charge is 0.374 e. The van der Waals surface area contributed by atoms with E-state index in [0.717, 1.165) is 17.4 Å². The Hall–Kier alpha value is -0.540. The molecule has 3 heteroatoms. The lowest BCUT2D eigenvalue weighted by Gasteiger charge is -2.23. The zero-order chi connectivity index (χ0) is 11.4. The molecular formula is C12H19BrN2. The van der Waals surface area contributed by atoms with Gasteiger partial charge in [0.05, 0.1) is 0 Å². The van der Waals surface area contributed by atoms with E-state index in [-0.39, 0.29) is 6.04 Å². The van der Waals surface area contributed by atoms with E-state index in [0.29, 0.717) is 0 Å². The number of nitrogens with zero attached hydrogens (tertiary/aromatic N) is 1. The summed E-state index contributed by atoms with van der Waals surface area (Å²) in [5.74, 6) is 0. The molecule has 1 atom stereocenters. The molecule has 0 aromatic heterocycles. The molecule has 1 rings (SSSR count). The van der Waals surface area contributed by atoms with E-state index < -0.39 is 0 Å². The molecule has 0 spiro atoms. The van der Waals surface area contributed by atoms with E-state index in [1.165, 1.54) is 11.3 Å². The highest BCUT2D eigenvalue weighted by atomic mass is 79.9. The minimum Gasteiger partial charge on any atom is -0.374 e. The van der Waals surface area contributed by atoms with Crippen LogP contribution in [0.5, 0.6) is 0 Å². The molecule has 0 aliphatic heterocycles. The SMILES string of the molecule is CCCN(C)c1cc(Br)ccc1C(C)N. The maximum atomic E-state index is 5.96. The van der Waals surface area contributed by atoms with Crippen molar-refractivity contribution >= 4 is 21.6 Å². The second-order valence-electron chi connectivity index (χ2n) is 3.91. The Morgan fingerprint density at radius 1 is 1.47 bits per heavy atom. The van der Waals surface area contributed by atoms with E-state index in [4.69, 9.17) is 5.73 Å². The van der Waals surface area contributed by atoms with E-state index in [2.05, 4.69) is 46.9 Å². The Labute approximate surface area is 101 Å². The van der Waals surface area contributed by atoms with Gasteiger partial charge in [0.1, 0.15) is 0 Å². The number of benzene rings is 1. The highest BCUT2D eigenvalue weighted by molar-refractivity contribution is 9.10. The summed E-state index contributed by atoms with van der Waals surface area (Å²) in [5.41, 5.74) is 8.38. The van der Waals surface area contributed by atoms with E-state index in [1.807, 2.05) is 13.0 Å². The molecule has 2 N–H and O–H groups in total. The van der Waals surface area contributed by atoms with Gasteiger partial charge >= 0.3 is 0 Å². The fraction of sp³-hybridized carbons (Fsp3) is 0.500. The zero-order valence-electron chi connectivity index (χ0n) is 9.63. The van der Waals surface area contributed by atoms with Crippen LogP contribution >= 0.6 is 15.9 Å². The monoisotopic (exact) mass is 270 g/mol. The van der Waals surface area contributed by atoms with Crippen molar-refractivity contribution < 1.29 is 0 Å². The van der Waals surface area contributed by atoms with E-state index >= 15 is 0 Å². The van der Waals surface area contributed by atoms with E-state index in [9.17, 15) is 0 Å². The summed E-state index contributed by atoms with van der Waals surface area (Å²) in [7, 11) is 2.11. The van der Waals surface area contributed by atoms with Crippen molar-refractivity contribution in [1.29, 1.82) is 0 Å². The second-order valence-corrected chi connectivity index (χ2v) is 4.83. The minimum atomic E-state index is 0.0763. The molecule has 0 aliphatic carbocycles. The standard InChI is InChI=1S/C12H19BrN2/c1-4-7-15(3)12-8-10(13)5-6-11(12)9(2)14/h5-6,8-9H,4,7,14H2,1-3H3. The Kier molecular flexibility index (Phi) is 4.61. The maximum absolute atomic E-state index is 5.96. The summed E-state index contributed by atoms with van der Waals surface area (Å²) >= 11 is 3.50. The van der Waals surface area contributed by atoms with Gasteiger partial charge in [0.15, 0.2) is 0 Å². The first-order chi connectivity index (χ1) is 7.06. The van der Waals surface area contributed by atoms with Gasteiger partial charge in [-0.15, -0.1) is 0 Å². The molecule has 84 valence electrons. The lowest BCUT2D eigenvalue weighted by atomic mass is 10.1. The molecule has 0 aliphatic rings. The topological polar surface area (TPSA) is 29.3 Å². The highest BCUT2D eigenvalue weighted by Gasteiger charge is 2.10. The number of rotatable bonds is 4. The molecule has 0 amide bonds. The van der Waals surface area contributed by atoms with Crippen molar-refractivity contribution in [3.8, 4) is 0 Å². The fourth-order valence-corrected chi connectivity index (χ4v) is 2.04. The first kappa shape index (κ1) is 12.5. The number of hydrogen-bond donors (Lipinski definition) is 1. The first-order valence-corrected chi connectivity index (χ1v) is 6.11. The van der Waals surface area contributed by atoms with Crippen LogP contribution in [-0.4, -0.2) is 13.6 Å². The van der Waals surface area contributed by atoms with Gasteiger partial charge in [0.25, 0.3) is 0 Å². The lowest BCUT2D eigenvalue weighted by molar-refractivity contribution is 0.791. The van der Waals surface area contributed by atoms with Crippen LogP contribution in [0.2, 0.25) is 0 Å². The number of nitrogens with two attached hydrogens (primary N) is 1. The summed E-state index contributed by atoms with van der Waals surface area (Å²) in [5, 5.41) is 0. The predicted molar refractivity (Wildman–Crippen MR) is 70.3 cm³/mol. The molecule has 0 fully saturated rings. The molecule has 0 radical (unpaired) electrons. The van der Waals surface area contributed by atoms with Crippen molar-refractivity contribution in [2.24, 2.45) is 5.73 Å². The Balaban J connectivity index is 3.06. The van der Waals surface area contributed by atoms with Crippen LogP contribution in [0.4, 0.5) is 5.69 Å². The number of hydrogen-bond acceptors (Lipinski definition) is 2. The minimum absolute atomic E-state index is 0.0763. The summed E-state index contributed by atoms with van der Waals surface area (Å²) in [6.45, 7) is 5.25. The van der Waals surface area contributed by atoms with Gasteiger partial charge in [-0.25, -0.2) is 0 Å². The predicted octanol–water partition coefficient (Wildman–Crippen LogP) is 3.32. The van der Waals surface area contributed by atoms with Gasteiger partial charge in [0.2, 0.25) is 0 Å². The van der Waals surface area contributed by atoms with Crippen LogP contribution in [-0.2, 0) is 0 Å². The second kappa shape index (κ2) is 5.52. The summed E-state index contributed by atoms with van der Waals surface area (Å²) < 4.78 is 1.10. The van der Waals surface area contributed by atoms with Crippen molar-refractivity contribution in [3.05, 3.63) is 28.2 Å². The van der Waals surface area contributed by atoms with Gasteiger partial charge in [-0.3, -0.25) is 0 Å². The number of halogens is 1. The molecule has 1 aromatic rings. The fourth-order valence-electron chi connectivity index (χ4n) is 1.69. The quantitative estimate of drug-likeness (QED) is 0.910. The Morgan fingerprint density at radius 2 is 2.13 bits per heavy atom. The van der Waals surface area contributed by atoms with Crippen molar-refractivity contribution in [2.45, 2.75) is 26.3 Å². The molecule has 1 unspecified atom stereocenters. The summed E-state index contributed by atoms with van der Waals surface area (Å²) in [4.78, 5) is 2.25. The van der Waals surface area contributed by atoms with Crippen LogP contribution in [0.3, 0.4) is 0 Å². The summed E-state index contributed by atoms with van der Waals surface area (Å²) in [6.07, 6.45) is 1.14. The molecular weight excluding hydrogens is 252 g/mol. The van der Waals surface area contributed by atoms with Crippen molar-refractivity contribution in [2.75, 3.05) is 18.5 Å². The van der Waals surface area contributed by atoms with Crippen LogP contribution in [0.1, 0.15) is 31.9 Å². The molecule has 2 nitrogen and oxygen atoms in total. The van der Waals surface area contributed by atoms with Gasteiger partial charge in [-0.2, -0.15) is 0 Å². The third-order valence-electron chi connectivity index (χ3n) is 2.45. The van der Waals surface area contributed by atoms with Crippen LogP contribution in [0.15, 0.2) is 22.7 Å². The summed E-state index contributed by atoms with van der Waals surface area (Å²) in [6, 6.07) is 6.35. The van der Waals surface area contributed by atoms with Crippen LogP contribution < -0.4 is 10.6 Å². The van der Waals surface area contributed by atoms with Gasteiger partial charge in [-0.1, -0.05) is 28.9 Å². The normalized spacial score (nSPS) is 12.6. The molecule has 0 heterocycles. The Morgan fingerprint density at radius 3 is 2.67 bits per heavy atom. The average Bonchev–Trinajstić information content (AvgIpc) is 2.17. The maximum Gasteiger partial charge on any atom is 0.0423 e. The third kappa shape index (κ3) is 3.21. The smallest absolute Gasteiger partial charge is 0.0423 e. The zero-order valence-corrected chi connectivity index (χ0v) is 11.2. The molecule has 0 bridgehead atoms. The lowest BCUT2D eigenvalue weighted by Crippen LogP contribution is -2.21. The number of anilines is 1. The third-order valence-corrected chi connectivity index (χ3v) is 2.95. The molecule has 0 saturated heterocycles. The van der Waals surface area contributed by atoms with Crippen molar-refractivity contribution in [1.82, 2.24) is 0 Å².